The summed E-state index contributed by atoms with van der Waals surface area (Å²) in [5.74, 6) is -1.39. The molecule has 0 aliphatic heterocycles. The van der Waals surface area contributed by atoms with Crippen LogP contribution in [0.2, 0.25) is 0 Å². The summed E-state index contributed by atoms with van der Waals surface area (Å²) >= 11 is 5.40. The Hall–Kier alpha value is -0.930. The second kappa shape index (κ2) is 6.18. The van der Waals surface area contributed by atoms with Gasteiger partial charge in [0.05, 0.1) is 10.5 Å². The van der Waals surface area contributed by atoms with E-state index in [-0.39, 0.29) is 31.0 Å². The van der Waals surface area contributed by atoms with Gasteiger partial charge in [0.1, 0.15) is 5.82 Å². The van der Waals surface area contributed by atoms with Gasteiger partial charge in [-0.25, -0.2) is 22.0 Å². The molecular formula is C13H13ClF5NO2S. The average molecular weight is 378 g/mol. The molecule has 1 aliphatic rings. The fourth-order valence-corrected chi connectivity index (χ4v) is 4.48. The Balaban J connectivity index is 2.42. The van der Waals surface area contributed by atoms with Gasteiger partial charge in [0.25, 0.3) is 0 Å². The SMILES string of the molecule is O=S(=O)(c1cc(F)cc(C(F)(F)F)c1)C1(F)CCC(NCl)CC1. The molecule has 0 heterocycles. The topological polar surface area (TPSA) is 46.2 Å². The van der Waals surface area contributed by atoms with Gasteiger partial charge in [-0.1, -0.05) is 0 Å². The second-order valence-corrected chi connectivity index (χ2v) is 7.87. The van der Waals surface area contributed by atoms with Crippen molar-refractivity contribution in [2.45, 2.75) is 47.8 Å². The van der Waals surface area contributed by atoms with Crippen LogP contribution in [0.4, 0.5) is 22.0 Å². The normalized spacial score (nSPS) is 26.3. The smallest absolute Gasteiger partial charge is 0.230 e. The van der Waals surface area contributed by atoms with Crippen LogP contribution in [0.5, 0.6) is 0 Å². The Kier molecular flexibility index (Phi) is 4.94. The van der Waals surface area contributed by atoms with Crippen molar-refractivity contribution in [2.24, 2.45) is 0 Å². The first kappa shape index (κ1) is 18.4. The van der Waals surface area contributed by atoms with E-state index < -0.39 is 50.1 Å². The van der Waals surface area contributed by atoms with Crippen molar-refractivity contribution in [3.05, 3.63) is 29.6 Å². The lowest BCUT2D eigenvalue weighted by Gasteiger charge is -2.32. The van der Waals surface area contributed by atoms with E-state index in [0.717, 1.165) is 0 Å². The second-order valence-electron chi connectivity index (χ2n) is 5.44. The third kappa shape index (κ3) is 3.61. The Morgan fingerprint density at radius 2 is 1.74 bits per heavy atom. The molecule has 1 aromatic carbocycles. The number of alkyl halides is 4. The zero-order chi connectivity index (χ0) is 17.5. The molecule has 3 nitrogen and oxygen atoms in total. The molecule has 2 rings (SSSR count). The maximum atomic E-state index is 14.8. The van der Waals surface area contributed by atoms with Gasteiger partial charge >= 0.3 is 6.18 Å². The molecule has 0 atom stereocenters. The van der Waals surface area contributed by atoms with Crippen molar-refractivity contribution in [1.82, 2.24) is 4.84 Å². The number of nitrogens with one attached hydrogen (secondary N) is 1. The van der Waals surface area contributed by atoms with E-state index >= 15 is 0 Å². The van der Waals surface area contributed by atoms with Gasteiger partial charge in [0.2, 0.25) is 14.8 Å². The molecule has 1 aromatic rings. The van der Waals surface area contributed by atoms with Crippen LogP contribution in [0, 0.1) is 5.82 Å². The lowest BCUT2D eigenvalue weighted by atomic mass is 9.94. The number of sulfone groups is 1. The van der Waals surface area contributed by atoms with Crippen LogP contribution < -0.4 is 4.84 Å². The van der Waals surface area contributed by atoms with Crippen LogP contribution in [0.3, 0.4) is 0 Å². The predicted octanol–water partition coefficient (Wildman–Crippen LogP) is 3.97. The summed E-state index contributed by atoms with van der Waals surface area (Å²) in [5.41, 5.74) is -1.48. The quantitative estimate of drug-likeness (QED) is 0.640. The minimum Gasteiger partial charge on any atom is -0.230 e. The predicted molar refractivity (Wildman–Crippen MR) is 73.7 cm³/mol. The molecule has 1 N–H and O–H groups in total. The van der Waals surface area contributed by atoms with Crippen molar-refractivity contribution >= 4 is 21.6 Å². The Morgan fingerprint density at radius 3 is 2.22 bits per heavy atom. The van der Waals surface area contributed by atoms with Crippen molar-refractivity contribution in [3.63, 3.8) is 0 Å². The molecular weight excluding hydrogens is 365 g/mol. The Labute approximate surface area is 134 Å². The van der Waals surface area contributed by atoms with Crippen LogP contribution in [0.1, 0.15) is 31.2 Å². The number of rotatable bonds is 3. The van der Waals surface area contributed by atoms with E-state index in [1.807, 2.05) is 0 Å². The number of benzene rings is 1. The molecule has 0 saturated heterocycles. The summed E-state index contributed by atoms with van der Waals surface area (Å²) in [6.07, 6.45) is -5.60. The first-order valence-corrected chi connectivity index (χ1v) is 8.53. The van der Waals surface area contributed by atoms with E-state index in [1.54, 1.807) is 0 Å². The molecule has 1 fully saturated rings. The van der Waals surface area contributed by atoms with E-state index in [9.17, 15) is 30.4 Å². The summed E-state index contributed by atoms with van der Waals surface area (Å²) in [6, 6.07) is 0.538. The molecule has 1 saturated carbocycles. The lowest BCUT2D eigenvalue weighted by Crippen LogP contribution is -2.41. The number of hydrogen-bond donors (Lipinski definition) is 1. The average Bonchev–Trinajstić information content (AvgIpc) is 2.46. The summed E-state index contributed by atoms with van der Waals surface area (Å²) in [7, 11) is -4.78. The molecule has 0 amide bonds. The molecule has 130 valence electrons. The molecule has 0 bridgehead atoms. The molecule has 1 aliphatic carbocycles. The van der Waals surface area contributed by atoms with Crippen LogP contribution in [-0.2, 0) is 16.0 Å². The first-order valence-electron chi connectivity index (χ1n) is 6.67. The van der Waals surface area contributed by atoms with Gasteiger partial charge in [-0.15, -0.1) is 0 Å². The van der Waals surface area contributed by atoms with Crippen LogP contribution >= 0.6 is 11.8 Å². The van der Waals surface area contributed by atoms with Gasteiger partial charge < -0.3 is 0 Å². The van der Waals surface area contributed by atoms with E-state index in [1.165, 1.54) is 0 Å². The molecule has 0 unspecified atom stereocenters. The third-order valence-electron chi connectivity index (χ3n) is 3.88. The van der Waals surface area contributed by atoms with E-state index in [2.05, 4.69) is 4.84 Å². The van der Waals surface area contributed by atoms with Gasteiger partial charge in [-0.2, -0.15) is 13.2 Å². The molecule has 0 aromatic heterocycles. The summed E-state index contributed by atoms with van der Waals surface area (Å²) in [6.45, 7) is 0. The minimum absolute atomic E-state index is 0.0979. The van der Waals surface area contributed by atoms with Crippen LogP contribution in [0.15, 0.2) is 23.1 Å². The fraction of sp³-hybridized carbons (Fsp3) is 0.538. The van der Waals surface area contributed by atoms with Gasteiger partial charge in [-0.3, -0.25) is 0 Å². The third-order valence-corrected chi connectivity index (χ3v) is 6.41. The largest absolute Gasteiger partial charge is 0.416 e. The van der Waals surface area contributed by atoms with Gasteiger partial charge in [0, 0.05) is 6.04 Å². The van der Waals surface area contributed by atoms with E-state index in [4.69, 9.17) is 11.8 Å². The monoisotopic (exact) mass is 377 g/mol. The van der Waals surface area contributed by atoms with Crippen LogP contribution in [-0.4, -0.2) is 19.5 Å². The minimum atomic E-state index is -4.93. The highest BCUT2D eigenvalue weighted by Gasteiger charge is 2.48. The zero-order valence-electron chi connectivity index (χ0n) is 11.6. The van der Waals surface area contributed by atoms with Crippen molar-refractivity contribution in [1.29, 1.82) is 0 Å². The highest BCUT2D eigenvalue weighted by atomic mass is 35.5. The van der Waals surface area contributed by atoms with E-state index in [0.29, 0.717) is 6.07 Å². The van der Waals surface area contributed by atoms with Crippen molar-refractivity contribution in [3.8, 4) is 0 Å². The van der Waals surface area contributed by atoms with Crippen molar-refractivity contribution in [2.75, 3.05) is 0 Å². The van der Waals surface area contributed by atoms with Gasteiger partial charge in [0.15, 0.2) is 0 Å². The first-order chi connectivity index (χ1) is 10.5. The Morgan fingerprint density at radius 1 is 1.17 bits per heavy atom. The maximum absolute atomic E-state index is 14.8. The summed E-state index contributed by atoms with van der Waals surface area (Å²) < 4.78 is 91.0. The lowest BCUT2D eigenvalue weighted by molar-refractivity contribution is -0.137. The molecule has 0 radical (unpaired) electrons. The highest BCUT2D eigenvalue weighted by molar-refractivity contribution is 7.92. The standard InChI is InChI=1S/C13H13ClF5NO2S/c14-20-10-1-3-12(16,4-2-10)23(21,22)11-6-8(13(17,18)19)5-9(15)7-11/h5-7,10,20H,1-4H2. The summed E-state index contributed by atoms with van der Waals surface area (Å²) in [4.78, 5) is 1.36. The molecule has 0 spiro atoms. The molecule has 23 heavy (non-hydrogen) atoms. The van der Waals surface area contributed by atoms with Gasteiger partial charge in [-0.05, 0) is 55.7 Å². The summed E-state index contributed by atoms with van der Waals surface area (Å²) in [5, 5.41) is -2.74. The Bertz CT molecular complexity index is 684. The van der Waals surface area contributed by atoms with Crippen LogP contribution in [0.25, 0.3) is 0 Å². The maximum Gasteiger partial charge on any atom is 0.416 e. The molecule has 10 heteroatoms. The van der Waals surface area contributed by atoms with Crippen molar-refractivity contribution < 1.29 is 30.4 Å². The highest BCUT2D eigenvalue weighted by Crippen LogP contribution is 2.41. The number of hydrogen-bond acceptors (Lipinski definition) is 3. The zero-order valence-corrected chi connectivity index (χ0v) is 13.2. The fourth-order valence-electron chi connectivity index (χ4n) is 2.52. The number of halogens is 6.